The number of nitrogens with zero attached hydrogens (tertiary/aromatic N) is 2. The standard InChI is InChI=1S/C22H23N2O5PS/c1-26-19-11-10-16(12-20(19)27-2)18-13-17(15-8-6-5-7-9-15)23-22-24(18)21(14-31-22)30(25,28-3)29-4/h5-14,18H,1-4H3. The molecule has 0 aliphatic carbocycles. The van der Waals surface area contributed by atoms with Crippen molar-refractivity contribution < 1.29 is 23.1 Å². The topological polar surface area (TPSA) is 69.6 Å². The van der Waals surface area contributed by atoms with Crippen LogP contribution < -0.4 is 9.47 Å². The Morgan fingerprint density at radius 3 is 2.32 bits per heavy atom. The molecule has 2 aromatic rings. The van der Waals surface area contributed by atoms with E-state index in [1.165, 1.54) is 26.0 Å². The molecule has 1 atom stereocenters. The van der Waals surface area contributed by atoms with Gasteiger partial charge in [-0.25, -0.2) is 4.99 Å². The van der Waals surface area contributed by atoms with Gasteiger partial charge in [-0.1, -0.05) is 48.2 Å². The number of amidine groups is 1. The summed E-state index contributed by atoms with van der Waals surface area (Å²) in [7, 11) is 2.46. The van der Waals surface area contributed by atoms with E-state index in [0.717, 1.165) is 16.8 Å². The van der Waals surface area contributed by atoms with Gasteiger partial charge in [-0.05, 0) is 29.3 Å². The van der Waals surface area contributed by atoms with Crippen molar-refractivity contribution >= 4 is 30.2 Å². The minimum atomic E-state index is -3.50. The molecule has 0 N–H and O–H groups in total. The van der Waals surface area contributed by atoms with Crippen LogP contribution in [-0.2, 0) is 13.6 Å². The van der Waals surface area contributed by atoms with E-state index in [2.05, 4.69) is 0 Å². The SMILES string of the molecule is COc1ccc(C2C=C(c3ccccc3)N=C3SC=C(P(=O)(OC)OC)N32)cc1OC. The summed E-state index contributed by atoms with van der Waals surface area (Å²) >= 11 is 1.39. The molecule has 0 amide bonds. The van der Waals surface area contributed by atoms with E-state index >= 15 is 0 Å². The zero-order chi connectivity index (χ0) is 22.0. The van der Waals surface area contributed by atoms with Crippen LogP contribution in [0.1, 0.15) is 17.2 Å². The highest BCUT2D eigenvalue weighted by atomic mass is 32.2. The lowest BCUT2D eigenvalue weighted by molar-refractivity contribution is 0.272. The molecule has 2 heterocycles. The van der Waals surface area contributed by atoms with E-state index in [1.54, 1.807) is 19.6 Å². The molecule has 4 rings (SSSR count). The second kappa shape index (κ2) is 8.93. The molecule has 7 nitrogen and oxygen atoms in total. The van der Waals surface area contributed by atoms with Gasteiger partial charge >= 0.3 is 7.60 Å². The van der Waals surface area contributed by atoms with Gasteiger partial charge in [0.15, 0.2) is 16.7 Å². The number of methoxy groups -OCH3 is 2. The molecule has 0 saturated heterocycles. The van der Waals surface area contributed by atoms with Crippen molar-refractivity contribution in [1.29, 1.82) is 0 Å². The van der Waals surface area contributed by atoms with E-state index in [4.69, 9.17) is 23.5 Å². The first-order valence-electron chi connectivity index (χ1n) is 9.50. The number of thioether (sulfide) groups is 1. The third-order valence-electron chi connectivity index (χ3n) is 5.11. The van der Waals surface area contributed by atoms with Crippen molar-refractivity contribution in [2.75, 3.05) is 28.4 Å². The molecule has 0 radical (unpaired) electrons. The maximum atomic E-state index is 13.3. The van der Waals surface area contributed by atoms with Gasteiger partial charge in [0.2, 0.25) is 0 Å². The Bertz CT molecular complexity index is 1110. The largest absolute Gasteiger partial charge is 0.493 e. The highest BCUT2D eigenvalue weighted by Crippen LogP contribution is 2.61. The van der Waals surface area contributed by atoms with Crippen molar-refractivity contribution in [2.45, 2.75) is 6.04 Å². The van der Waals surface area contributed by atoms with Crippen LogP contribution in [0.2, 0.25) is 0 Å². The summed E-state index contributed by atoms with van der Waals surface area (Å²) in [5.74, 6) is 1.24. The smallest absolute Gasteiger partial charge is 0.377 e. The van der Waals surface area contributed by atoms with Crippen LogP contribution in [-0.4, -0.2) is 38.5 Å². The number of benzene rings is 2. The molecule has 2 aromatic carbocycles. The maximum Gasteiger partial charge on any atom is 0.377 e. The molecule has 31 heavy (non-hydrogen) atoms. The zero-order valence-electron chi connectivity index (χ0n) is 17.6. The lowest BCUT2D eigenvalue weighted by Gasteiger charge is -2.34. The first kappa shape index (κ1) is 21.7. The number of rotatable bonds is 7. The summed E-state index contributed by atoms with van der Waals surface area (Å²) in [5.41, 5.74) is 3.20. The number of hydrogen-bond acceptors (Lipinski definition) is 8. The van der Waals surface area contributed by atoms with Crippen LogP contribution in [0, 0.1) is 0 Å². The first-order chi connectivity index (χ1) is 15.0. The molecule has 0 bridgehead atoms. The fraction of sp³-hybridized carbons (Fsp3) is 0.227. The molecule has 0 spiro atoms. The van der Waals surface area contributed by atoms with Crippen LogP contribution in [0.3, 0.4) is 0 Å². The Morgan fingerprint density at radius 1 is 0.968 bits per heavy atom. The minimum Gasteiger partial charge on any atom is -0.493 e. The monoisotopic (exact) mass is 458 g/mol. The third-order valence-corrected chi connectivity index (χ3v) is 7.99. The molecule has 0 aromatic heterocycles. The first-order valence-corrected chi connectivity index (χ1v) is 11.9. The van der Waals surface area contributed by atoms with E-state index in [1.807, 2.05) is 59.5 Å². The highest BCUT2D eigenvalue weighted by Gasteiger charge is 2.43. The summed E-state index contributed by atoms with van der Waals surface area (Å²) in [6.45, 7) is 0. The van der Waals surface area contributed by atoms with Gasteiger partial charge in [-0.2, -0.15) is 0 Å². The third kappa shape index (κ3) is 3.92. The van der Waals surface area contributed by atoms with E-state index < -0.39 is 7.60 Å². The zero-order valence-corrected chi connectivity index (χ0v) is 19.4. The summed E-state index contributed by atoms with van der Waals surface area (Å²) < 4.78 is 34.7. The van der Waals surface area contributed by atoms with Gasteiger partial charge in [-0.3, -0.25) is 4.57 Å². The Balaban J connectivity index is 1.85. The predicted molar refractivity (Wildman–Crippen MR) is 123 cm³/mol. The van der Waals surface area contributed by atoms with Crippen LogP contribution in [0.5, 0.6) is 11.5 Å². The molecule has 162 valence electrons. The van der Waals surface area contributed by atoms with Crippen molar-refractivity contribution in [3.63, 3.8) is 0 Å². The van der Waals surface area contributed by atoms with Gasteiger partial charge < -0.3 is 23.4 Å². The van der Waals surface area contributed by atoms with Crippen molar-refractivity contribution in [2.24, 2.45) is 4.99 Å². The fourth-order valence-corrected chi connectivity index (χ4v) is 6.08. The maximum absolute atomic E-state index is 13.3. The van der Waals surface area contributed by atoms with Gasteiger partial charge in [-0.15, -0.1) is 0 Å². The lowest BCUT2D eigenvalue weighted by Crippen LogP contribution is -2.31. The van der Waals surface area contributed by atoms with Gasteiger partial charge in [0.25, 0.3) is 0 Å². The van der Waals surface area contributed by atoms with Crippen LogP contribution >= 0.6 is 19.4 Å². The molecular formula is C22H23N2O5PS. The Kier molecular flexibility index (Phi) is 6.25. The van der Waals surface area contributed by atoms with Gasteiger partial charge in [0.1, 0.15) is 5.44 Å². The average molecular weight is 458 g/mol. The Labute approximate surface area is 185 Å². The van der Waals surface area contributed by atoms with Gasteiger partial charge in [0, 0.05) is 19.6 Å². The van der Waals surface area contributed by atoms with E-state index in [9.17, 15) is 4.57 Å². The van der Waals surface area contributed by atoms with Crippen LogP contribution in [0.25, 0.3) is 5.70 Å². The van der Waals surface area contributed by atoms with Gasteiger partial charge in [0.05, 0.1) is 26.0 Å². The molecule has 2 aliphatic heterocycles. The number of ether oxygens (including phenoxy) is 2. The molecule has 9 heteroatoms. The van der Waals surface area contributed by atoms with E-state index in [-0.39, 0.29) is 6.04 Å². The summed E-state index contributed by atoms with van der Waals surface area (Å²) in [6, 6.07) is 15.4. The van der Waals surface area contributed by atoms with Crippen LogP contribution in [0.15, 0.2) is 70.4 Å². The lowest BCUT2D eigenvalue weighted by atomic mass is 10.0. The molecular weight excluding hydrogens is 435 g/mol. The quantitative estimate of drug-likeness (QED) is 0.508. The summed E-state index contributed by atoms with van der Waals surface area (Å²) in [6.07, 6.45) is 2.04. The summed E-state index contributed by atoms with van der Waals surface area (Å²) in [5, 5.41) is 2.48. The van der Waals surface area contributed by atoms with Crippen molar-refractivity contribution in [3.05, 3.63) is 76.6 Å². The highest BCUT2D eigenvalue weighted by molar-refractivity contribution is 8.16. The normalized spacial score (nSPS) is 18.1. The molecule has 0 fully saturated rings. The number of aliphatic imine (C=N–C) groups is 1. The molecule has 1 unspecified atom stereocenters. The van der Waals surface area contributed by atoms with E-state index in [0.29, 0.717) is 22.1 Å². The average Bonchev–Trinajstić information content (AvgIpc) is 3.28. The fourth-order valence-electron chi connectivity index (χ4n) is 3.53. The minimum absolute atomic E-state index is 0.303. The number of fused-ring (bicyclic) bond motifs is 1. The van der Waals surface area contributed by atoms with Crippen LogP contribution in [0.4, 0.5) is 0 Å². The van der Waals surface area contributed by atoms with Crippen molar-refractivity contribution in [3.8, 4) is 11.5 Å². The number of hydrogen-bond donors (Lipinski definition) is 0. The predicted octanol–water partition coefficient (Wildman–Crippen LogP) is 5.49. The second-order valence-corrected chi connectivity index (χ2v) is 9.72. The summed E-state index contributed by atoms with van der Waals surface area (Å²) in [4.78, 5) is 6.72. The molecule has 0 saturated carbocycles. The Morgan fingerprint density at radius 2 is 1.68 bits per heavy atom. The molecule has 2 aliphatic rings. The Hall–Kier alpha value is -2.51. The van der Waals surface area contributed by atoms with Crippen molar-refractivity contribution in [1.82, 2.24) is 4.90 Å². The second-order valence-electron chi connectivity index (χ2n) is 6.70.